The molecule has 0 amide bonds. The largest absolute Gasteiger partial charge is 0.396 e. The molecule has 8 rings (SSSR count). The topological polar surface area (TPSA) is 23.2 Å². The van der Waals surface area contributed by atoms with Crippen LogP contribution in [0.1, 0.15) is 97.8 Å². The molecular weight excluding hydrogens is 402 g/mol. The molecular formula is C31H43NO. The van der Waals surface area contributed by atoms with Crippen LogP contribution in [0, 0.1) is 34.0 Å². The minimum absolute atomic E-state index is 0.373. The number of aliphatic hydroxyl groups is 1. The van der Waals surface area contributed by atoms with Gasteiger partial charge >= 0.3 is 0 Å². The van der Waals surface area contributed by atoms with E-state index in [2.05, 4.69) is 31.7 Å². The van der Waals surface area contributed by atoms with Crippen LogP contribution in [0.2, 0.25) is 0 Å². The van der Waals surface area contributed by atoms with Gasteiger partial charge in [0, 0.05) is 35.6 Å². The number of allylic oxidation sites excluding steroid dienone is 4. The number of hydrogen-bond donors (Lipinski definition) is 1. The van der Waals surface area contributed by atoms with Gasteiger partial charge < -0.3 is 5.11 Å². The summed E-state index contributed by atoms with van der Waals surface area (Å²) in [5.74, 6) is 2.55. The molecule has 2 bridgehead atoms. The van der Waals surface area contributed by atoms with Gasteiger partial charge in [0.2, 0.25) is 0 Å². The van der Waals surface area contributed by atoms with Gasteiger partial charge in [0.25, 0.3) is 0 Å². The lowest BCUT2D eigenvalue weighted by Gasteiger charge is -2.64. The first kappa shape index (κ1) is 20.3. The van der Waals surface area contributed by atoms with Crippen molar-refractivity contribution in [2.45, 2.75) is 109 Å². The average Bonchev–Trinajstić information content (AvgIpc) is 2.97. The minimum atomic E-state index is 0.373. The van der Waals surface area contributed by atoms with Crippen LogP contribution in [0.3, 0.4) is 0 Å². The maximum absolute atomic E-state index is 9.54. The van der Waals surface area contributed by atoms with E-state index in [1.165, 1.54) is 77.2 Å². The first-order chi connectivity index (χ1) is 15.9. The summed E-state index contributed by atoms with van der Waals surface area (Å²) in [7, 11) is 0. The number of aliphatic hydroxyl groups excluding tert-OH is 1. The molecule has 2 heterocycles. The van der Waals surface area contributed by atoms with Gasteiger partial charge in [0.15, 0.2) is 0 Å². The second-order valence-electron chi connectivity index (χ2n) is 14.1. The van der Waals surface area contributed by atoms with Crippen LogP contribution in [-0.4, -0.2) is 34.7 Å². The van der Waals surface area contributed by atoms with E-state index in [0.717, 1.165) is 24.2 Å². The van der Waals surface area contributed by atoms with E-state index < -0.39 is 0 Å². The summed E-state index contributed by atoms with van der Waals surface area (Å²) in [5.41, 5.74) is 11.2. The van der Waals surface area contributed by atoms with Crippen molar-refractivity contribution < 1.29 is 5.11 Å². The zero-order valence-corrected chi connectivity index (χ0v) is 21.2. The van der Waals surface area contributed by atoms with Crippen molar-refractivity contribution in [3.05, 3.63) is 33.9 Å². The monoisotopic (exact) mass is 445 g/mol. The summed E-state index contributed by atoms with van der Waals surface area (Å²) in [6.45, 7) is 9.67. The van der Waals surface area contributed by atoms with Gasteiger partial charge in [0.05, 0.1) is 0 Å². The van der Waals surface area contributed by atoms with Crippen molar-refractivity contribution in [2.24, 2.45) is 34.0 Å². The van der Waals surface area contributed by atoms with E-state index in [4.69, 9.17) is 0 Å². The molecule has 2 heteroatoms. The maximum atomic E-state index is 9.54. The van der Waals surface area contributed by atoms with E-state index in [9.17, 15) is 5.11 Å². The minimum Gasteiger partial charge on any atom is -0.396 e. The Bertz CT molecular complexity index is 1050. The van der Waals surface area contributed by atoms with Gasteiger partial charge in [-0.2, -0.15) is 0 Å². The third-order valence-corrected chi connectivity index (χ3v) is 13.7. The highest BCUT2D eigenvalue weighted by Gasteiger charge is 2.79. The van der Waals surface area contributed by atoms with Crippen LogP contribution in [-0.2, 0) is 0 Å². The summed E-state index contributed by atoms with van der Waals surface area (Å²) < 4.78 is 0. The zero-order valence-electron chi connectivity index (χ0n) is 21.2. The highest BCUT2D eigenvalue weighted by Crippen LogP contribution is 2.84. The van der Waals surface area contributed by atoms with Crippen molar-refractivity contribution in [3.63, 3.8) is 0 Å². The first-order valence-corrected chi connectivity index (χ1v) is 14.4. The molecule has 0 aromatic heterocycles. The van der Waals surface area contributed by atoms with Crippen molar-refractivity contribution in [2.75, 3.05) is 13.2 Å². The number of rotatable bonds is 3. The predicted molar refractivity (Wildman–Crippen MR) is 133 cm³/mol. The Morgan fingerprint density at radius 3 is 2.88 bits per heavy atom. The Kier molecular flexibility index (Phi) is 3.76. The van der Waals surface area contributed by atoms with Crippen molar-refractivity contribution in [1.29, 1.82) is 0 Å². The molecule has 1 N–H and O–H groups in total. The lowest BCUT2D eigenvalue weighted by Crippen LogP contribution is -2.61. The molecule has 0 radical (unpaired) electrons. The Hall–Kier alpha value is -0.860. The summed E-state index contributed by atoms with van der Waals surface area (Å²) in [6, 6.07) is 0.705. The number of hydrogen-bond acceptors (Lipinski definition) is 2. The molecule has 0 aromatic carbocycles. The van der Waals surface area contributed by atoms with Crippen LogP contribution in [0.5, 0.6) is 0 Å². The molecule has 2 aliphatic heterocycles. The van der Waals surface area contributed by atoms with E-state index in [-0.39, 0.29) is 0 Å². The van der Waals surface area contributed by atoms with Crippen molar-refractivity contribution in [1.82, 2.24) is 4.90 Å². The summed E-state index contributed by atoms with van der Waals surface area (Å²) >= 11 is 0. The van der Waals surface area contributed by atoms with Crippen LogP contribution in [0.25, 0.3) is 0 Å². The van der Waals surface area contributed by atoms with Gasteiger partial charge in [-0.15, -0.1) is 0 Å². The Morgan fingerprint density at radius 2 is 2.03 bits per heavy atom. The van der Waals surface area contributed by atoms with Gasteiger partial charge in [0.1, 0.15) is 0 Å². The number of fused-ring (bicyclic) bond motifs is 1. The van der Waals surface area contributed by atoms with Crippen LogP contribution < -0.4 is 0 Å². The van der Waals surface area contributed by atoms with E-state index in [1.54, 1.807) is 11.1 Å². The molecule has 2 nitrogen and oxygen atoms in total. The standard InChI is InChI=1S/C31H43NO/c1-19-8-13-31-20(2)9-11-29(17-25(19)31)27-26-22(6-7-23(26)16-28(29,31)3)15-24-21(5-4-14-33)10-12-30(24)18-32(27)30/h7,20-21,24,27,33H,4-6,8-18H2,1-3H3/t20-,21+,24-,27+,28+,29+,30+,31-,32?/m1/s1. The summed E-state index contributed by atoms with van der Waals surface area (Å²) in [6.07, 6.45) is 18.9. The van der Waals surface area contributed by atoms with E-state index in [1.807, 2.05) is 16.7 Å². The van der Waals surface area contributed by atoms with Gasteiger partial charge in [-0.1, -0.05) is 36.6 Å². The van der Waals surface area contributed by atoms with Gasteiger partial charge in [-0.05, 0) is 118 Å². The van der Waals surface area contributed by atoms with Crippen LogP contribution in [0.4, 0.5) is 0 Å². The molecule has 178 valence electrons. The summed E-state index contributed by atoms with van der Waals surface area (Å²) in [4.78, 5) is 3.12. The lowest BCUT2D eigenvalue weighted by molar-refractivity contribution is -0.118. The van der Waals surface area contributed by atoms with Crippen LogP contribution in [0.15, 0.2) is 33.9 Å². The second-order valence-corrected chi connectivity index (χ2v) is 14.1. The SMILES string of the molecule is CC1=C2C[C@]34CC[C@@H](C)[C@@]2(CC1)[C@@]3(C)CC1=CCC2=C1[C@@H]4N1C[C@]13CC[C@H](CCCO)[C@H]3C2. The van der Waals surface area contributed by atoms with Crippen molar-refractivity contribution >= 4 is 0 Å². The van der Waals surface area contributed by atoms with Crippen molar-refractivity contribution in [3.8, 4) is 0 Å². The smallest absolute Gasteiger partial charge is 0.0431 e. The highest BCUT2D eigenvalue weighted by molar-refractivity contribution is 5.58. The lowest BCUT2D eigenvalue weighted by atomic mass is 9.41. The molecule has 2 spiro atoms. The molecule has 4 saturated carbocycles. The molecule has 1 saturated heterocycles. The third-order valence-electron chi connectivity index (χ3n) is 13.7. The molecule has 1 unspecified atom stereocenters. The first-order valence-electron chi connectivity index (χ1n) is 14.4. The fraction of sp³-hybridized carbons (Fsp3) is 0.806. The Morgan fingerprint density at radius 1 is 1.15 bits per heavy atom. The molecule has 6 aliphatic carbocycles. The normalized spacial score (nSPS) is 55.0. The fourth-order valence-corrected chi connectivity index (χ4v) is 12.3. The quantitative estimate of drug-likeness (QED) is 0.392. The highest BCUT2D eigenvalue weighted by atomic mass is 16.2. The molecule has 8 aliphatic rings. The second kappa shape index (κ2) is 6.09. The third kappa shape index (κ3) is 1.99. The van der Waals surface area contributed by atoms with Gasteiger partial charge in [-0.25, -0.2) is 0 Å². The zero-order chi connectivity index (χ0) is 22.4. The Labute approximate surface area is 200 Å². The Balaban J connectivity index is 1.30. The summed E-state index contributed by atoms with van der Waals surface area (Å²) in [5, 5.41) is 9.54. The van der Waals surface area contributed by atoms with Crippen LogP contribution >= 0.6 is 0 Å². The number of nitrogens with zero attached hydrogens (tertiary/aromatic N) is 1. The molecule has 9 atom stereocenters. The van der Waals surface area contributed by atoms with Gasteiger partial charge in [-0.3, -0.25) is 4.90 Å². The maximum Gasteiger partial charge on any atom is 0.0431 e. The van der Waals surface area contributed by atoms with E-state index in [0.29, 0.717) is 34.4 Å². The predicted octanol–water partition coefficient (Wildman–Crippen LogP) is 6.57. The van der Waals surface area contributed by atoms with E-state index >= 15 is 0 Å². The molecule has 0 aromatic rings. The molecule has 33 heavy (non-hydrogen) atoms. The fourth-order valence-electron chi connectivity index (χ4n) is 12.3. The molecule has 5 fully saturated rings. The average molecular weight is 446 g/mol.